The Balaban J connectivity index is 1.69. The van der Waals surface area contributed by atoms with Gasteiger partial charge in [0.1, 0.15) is 0 Å². The molecule has 1 aromatic rings. The summed E-state index contributed by atoms with van der Waals surface area (Å²) in [5.41, 5.74) is 7.18. The van der Waals surface area contributed by atoms with E-state index in [1.165, 1.54) is 12.0 Å². The van der Waals surface area contributed by atoms with Gasteiger partial charge in [0.25, 0.3) is 0 Å². The van der Waals surface area contributed by atoms with Crippen LogP contribution in [-0.4, -0.2) is 19.0 Å². The predicted octanol–water partition coefficient (Wildman–Crippen LogP) is 1.86. The normalized spacial score (nSPS) is 16.9. The third-order valence-corrected chi connectivity index (χ3v) is 3.99. The Hall–Kier alpha value is -1.35. The maximum absolute atomic E-state index is 11.8. The summed E-state index contributed by atoms with van der Waals surface area (Å²) >= 11 is 0. The van der Waals surface area contributed by atoms with Crippen LogP contribution in [0.15, 0.2) is 30.3 Å². The van der Waals surface area contributed by atoms with Crippen molar-refractivity contribution in [3.63, 3.8) is 0 Å². The van der Waals surface area contributed by atoms with E-state index in [9.17, 15) is 4.79 Å². The molecule has 98 valence electrons. The highest BCUT2D eigenvalue weighted by Gasteiger charge is 2.35. The lowest BCUT2D eigenvalue weighted by molar-refractivity contribution is -0.121. The molecule has 1 fully saturated rings. The number of aryl methyl sites for hydroxylation is 1. The van der Waals surface area contributed by atoms with E-state index in [-0.39, 0.29) is 11.3 Å². The molecule has 3 heteroatoms. The molecule has 0 heterocycles. The molecule has 0 atom stereocenters. The zero-order chi connectivity index (χ0) is 12.8. The topological polar surface area (TPSA) is 55.1 Å². The van der Waals surface area contributed by atoms with Gasteiger partial charge in [0.05, 0.1) is 0 Å². The minimum atomic E-state index is 0.138. The summed E-state index contributed by atoms with van der Waals surface area (Å²) in [5.74, 6) is 0.138. The summed E-state index contributed by atoms with van der Waals surface area (Å²) in [7, 11) is 0. The molecule has 0 spiro atoms. The number of hydrogen-bond donors (Lipinski definition) is 2. The molecule has 1 aromatic carbocycles. The number of hydrogen-bond acceptors (Lipinski definition) is 2. The van der Waals surface area contributed by atoms with E-state index in [0.717, 1.165) is 25.8 Å². The molecule has 1 aliphatic carbocycles. The van der Waals surface area contributed by atoms with Gasteiger partial charge in [-0.2, -0.15) is 0 Å². The van der Waals surface area contributed by atoms with Crippen molar-refractivity contribution in [1.29, 1.82) is 0 Å². The molecule has 0 bridgehead atoms. The highest BCUT2D eigenvalue weighted by molar-refractivity contribution is 5.76. The third kappa shape index (κ3) is 3.33. The highest BCUT2D eigenvalue weighted by Crippen LogP contribution is 2.39. The monoisotopic (exact) mass is 246 g/mol. The predicted molar refractivity (Wildman–Crippen MR) is 73.1 cm³/mol. The van der Waals surface area contributed by atoms with Gasteiger partial charge in [0, 0.05) is 13.0 Å². The second-order valence-electron chi connectivity index (χ2n) is 5.32. The molecule has 0 radical (unpaired) electrons. The smallest absolute Gasteiger partial charge is 0.220 e. The zero-order valence-electron chi connectivity index (χ0n) is 10.8. The second kappa shape index (κ2) is 6.01. The van der Waals surface area contributed by atoms with Gasteiger partial charge in [0.2, 0.25) is 5.91 Å². The number of carbonyl (C=O) groups is 1. The minimum absolute atomic E-state index is 0.138. The quantitative estimate of drug-likeness (QED) is 0.805. The van der Waals surface area contributed by atoms with E-state index in [0.29, 0.717) is 13.0 Å². The fourth-order valence-electron chi connectivity index (χ4n) is 2.41. The molecule has 1 aliphatic rings. The van der Waals surface area contributed by atoms with Gasteiger partial charge >= 0.3 is 0 Å². The van der Waals surface area contributed by atoms with E-state index in [4.69, 9.17) is 5.73 Å². The Kier molecular flexibility index (Phi) is 4.37. The van der Waals surface area contributed by atoms with E-state index in [2.05, 4.69) is 17.4 Å². The van der Waals surface area contributed by atoms with Crippen LogP contribution in [0.1, 0.15) is 31.2 Å². The molecule has 18 heavy (non-hydrogen) atoms. The van der Waals surface area contributed by atoms with Crippen molar-refractivity contribution in [1.82, 2.24) is 5.32 Å². The van der Waals surface area contributed by atoms with Crippen molar-refractivity contribution in [3.8, 4) is 0 Å². The van der Waals surface area contributed by atoms with Crippen LogP contribution in [0.3, 0.4) is 0 Å². The standard InChI is InChI=1S/C15H22N2O/c16-11-15(9-4-10-15)12-17-14(18)8-7-13-5-2-1-3-6-13/h1-3,5-6H,4,7-12,16H2,(H,17,18). The number of amides is 1. The number of nitrogens with one attached hydrogen (secondary N) is 1. The Labute approximate surface area is 109 Å². The van der Waals surface area contributed by atoms with Crippen LogP contribution in [-0.2, 0) is 11.2 Å². The van der Waals surface area contributed by atoms with Gasteiger partial charge < -0.3 is 11.1 Å². The van der Waals surface area contributed by atoms with Gasteiger partial charge in [-0.05, 0) is 36.8 Å². The van der Waals surface area contributed by atoms with Crippen molar-refractivity contribution < 1.29 is 4.79 Å². The van der Waals surface area contributed by atoms with Crippen molar-refractivity contribution >= 4 is 5.91 Å². The number of rotatable bonds is 6. The lowest BCUT2D eigenvalue weighted by Gasteiger charge is -2.41. The fraction of sp³-hybridized carbons (Fsp3) is 0.533. The largest absolute Gasteiger partial charge is 0.355 e. The van der Waals surface area contributed by atoms with Crippen LogP contribution in [0.5, 0.6) is 0 Å². The van der Waals surface area contributed by atoms with Crippen LogP contribution in [0.25, 0.3) is 0 Å². The number of nitrogens with two attached hydrogens (primary N) is 1. The van der Waals surface area contributed by atoms with Gasteiger partial charge in [-0.15, -0.1) is 0 Å². The molecule has 0 aliphatic heterocycles. The number of carbonyl (C=O) groups excluding carboxylic acids is 1. The second-order valence-corrected chi connectivity index (χ2v) is 5.32. The summed E-state index contributed by atoms with van der Waals surface area (Å²) in [4.78, 5) is 11.8. The molecular weight excluding hydrogens is 224 g/mol. The maximum Gasteiger partial charge on any atom is 0.220 e. The first-order valence-corrected chi connectivity index (χ1v) is 6.75. The first kappa shape index (κ1) is 13.1. The molecule has 0 saturated heterocycles. The van der Waals surface area contributed by atoms with Crippen LogP contribution >= 0.6 is 0 Å². The summed E-state index contributed by atoms with van der Waals surface area (Å²) < 4.78 is 0. The van der Waals surface area contributed by atoms with E-state index in [1.54, 1.807) is 0 Å². The molecule has 2 rings (SSSR count). The van der Waals surface area contributed by atoms with Gasteiger partial charge in [-0.3, -0.25) is 4.79 Å². The number of benzene rings is 1. The van der Waals surface area contributed by atoms with Crippen molar-refractivity contribution in [2.75, 3.05) is 13.1 Å². The maximum atomic E-state index is 11.8. The summed E-state index contributed by atoms with van der Waals surface area (Å²) in [6, 6.07) is 10.1. The molecule has 0 aromatic heterocycles. The van der Waals surface area contributed by atoms with Crippen LogP contribution in [0.2, 0.25) is 0 Å². The van der Waals surface area contributed by atoms with Gasteiger partial charge in [-0.1, -0.05) is 36.8 Å². The first-order chi connectivity index (χ1) is 8.74. The molecule has 0 unspecified atom stereocenters. The van der Waals surface area contributed by atoms with Crippen molar-refractivity contribution in [2.45, 2.75) is 32.1 Å². The zero-order valence-corrected chi connectivity index (χ0v) is 10.8. The van der Waals surface area contributed by atoms with Gasteiger partial charge in [-0.25, -0.2) is 0 Å². The third-order valence-electron chi connectivity index (χ3n) is 3.99. The van der Waals surface area contributed by atoms with Crippen molar-refractivity contribution in [3.05, 3.63) is 35.9 Å². The average Bonchev–Trinajstić information content (AvgIpc) is 2.37. The Bertz CT molecular complexity index is 379. The molecule has 3 nitrogen and oxygen atoms in total. The van der Waals surface area contributed by atoms with E-state index >= 15 is 0 Å². The highest BCUT2D eigenvalue weighted by atomic mass is 16.1. The Morgan fingerprint density at radius 1 is 1.28 bits per heavy atom. The fourth-order valence-corrected chi connectivity index (χ4v) is 2.41. The van der Waals surface area contributed by atoms with E-state index < -0.39 is 0 Å². The van der Waals surface area contributed by atoms with E-state index in [1.807, 2.05) is 18.2 Å². The minimum Gasteiger partial charge on any atom is -0.355 e. The molecular formula is C15H22N2O. The lowest BCUT2D eigenvalue weighted by Crippen LogP contribution is -2.46. The summed E-state index contributed by atoms with van der Waals surface area (Å²) in [6.07, 6.45) is 4.93. The van der Waals surface area contributed by atoms with Crippen LogP contribution in [0.4, 0.5) is 0 Å². The summed E-state index contributed by atoms with van der Waals surface area (Å²) in [6.45, 7) is 1.43. The van der Waals surface area contributed by atoms with Gasteiger partial charge in [0.15, 0.2) is 0 Å². The Morgan fingerprint density at radius 2 is 2.00 bits per heavy atom. The van der Waals surface area contributed by atoms with Crippen molar-refractivity contribution in [2.24, 2.45) is 11.1 Å². The SMILES string of the molecule is NCC1(CNC(=O)CCc2ccccc2)CCC1. The molecule has 1 amide bonds. The average molecular weight is 246 g/mol. The molecule has 1 saturated carbocycles. The molecule has 3 N–H and O–H groups in total. The lowest BCUT2D eigenvalue weighted by atomic mass is 9.69. The first-order valence-electron chi connectivity index (χ1n) is 6.75. The summed E-state index contributed by atoms with van der Waals surface area (Å²) in [5, 5.41) is 3.03. The van der Waals surface area contributed by atoms with Crippen LogP contribution < -0.4 is 11.1 Å². The Morgan fingerprint density at radius 3 is 2.56 bits per heavy atom. The van der Waals surface area contributed by atoms with Crippen LogP contribution in [0, 0.1) is 5.41 Å².